The van der Waals surface area contributed by atoms with Crippen LogP contribution in [-0.2, 0) is 6.54 Å². The van der Waals surface area contributed by atoms with Gasteiger partial charge in [-0.2, -0.15) is 0 Å². The second-order valence-electron chi connectivity index (χ2n) is 6.83. The van der Waals surface area contributed by atoms with Crippen LogP contribution in [0.5, 0.6) is 0 Å². The number of pyridine rings is 1. The van der Waals surface area contributed by atoms with Gasteiger partial charge in [-0.05, 0) is 43.2 Å². The van der Waals surface area contributed by atoms with E-state index in [1.165, 1.54) is 12.1 Å². The summed E-state index contributed by atoms with van der Waals surface area (Å²) in [5.41, 5.74) is 1.88. The van der Waals surface area contributed by atoms with Crippen molar-refractivity contribution in [1.29, 1.82) is 0 Å². The molecule has 0 N–H and O–H groups in total. The number of aromatic nitrogens is 3. The monoisotopic (exact) mass is 415 g/mol. The maximum Gasteiger partial charge on any atom is 0.324 e. The number of aryl methyl sites for hydroxylation is 1. The molecule has 7 nitrogen and oxygen atoms in total. The molecule has 0 saturated carbocycles. The molecule has 3 heterocycles. The van der Waals surface area contributed by atoms with E-state index in [9.17, 15) is 9.18 Å². The Balaban J connectivity index is 1.60. The van der Waals surface area contributed by atoms with Gasteiger partial charge in [0.15, 0.2) is 0 Å². The molecular formula is C20H19ClFN5O2. The Morgan fingerprint density at radius 2 is 2.03 bits per heavy atom. The van der Waals surface area contributed by atoms with E-state index in [4.69, 9.17) is 16.0 Å². The normalized spacial score (nSPS) is 13.7. The van der Waals surface area contributed by atoms with E-state index >= 15 is 0 Å². The number of carbonyl (C=O) groups excluding carboxylic acids is 1. The molecule has 2 aromatic heterocycles. The van der Waals surface area contributed by atoms with Crippen molar-refractivity contribution in [3.05, 3.63) is 59.0 Å². The predicted molar refractivity (Wildman–Crippen MR) is 106 cm³/mol. The number of amides is 2. The molecule has 3 aromatic rings. The van der Waals surface area contributed by atoms with Gasteiger partial charge in [-0.25, -0.2) is 9.18 Å². The molecule has 1 fully saturated rings. The standard InChI is InChI=1S/C20H19ClFN5O2/c1-13-24-25-19(29-13)14-4-5-15(23-11-14)12-27(20(28)26-8-2-3-9-26)16-6-7-18(22)17(21)10-16/h4-7,10-11H,2-3,8-9,12H2,1H3. The molecule has 1 aliphatic rings. The molecule has 0 bridgehead atoms. The van der Waals surface area contributed by atoms with Gasteiger partial charge in [0.2, 0.25) is 11.8 Å². The Morgan fingerprint density at radius 1 is 1.24 bits per heavy atom. The number of nitrogens with zero attached hydrogens (tertiary/aromatic N) is 5. The van der Waals surface area contributed by atoms with E-state index < -0.39 is 5.82 Å². The summed E-state index contributed by atoms with van der Waals surface area (Å²) in [5, 5.41) is 7.75. The topological polar surface area (TPSA) is 75.4 Å². The fourth-order valence-electron chi connectivity index (χ4n) is 3.22. The van der Waals surface area contributed by atoms with E-state index in [0.717, 1.165) is 12.8 Å². The Bertz CT molecular complexity index is 1020. The Kier molecular flexibility index (Phi) is 5.44. The minimum atomic E-state index is -0.527. The van der Waals surface area contributed by atoms with Crippen molar-refractivity contribution >= 4 is 23.3 Å². The highest BCUT2D eigenvalue weighted by atomic mass is 35.5. The van der Waals surface area contributed by atoms with E-state index in [1.54, 1.807) is 35.1 Å². The summed E-state index contributed by atoms with van der Waals surface area (Å²) in [6, 6.07) is 7.72. The van der Waals surface area contributed by atoms with Crippen LogP contribution in [0.15, 0.2) is 40.9 Å². The number of benzene rings is 1. The molecule has 1 aromatic carbocycles. The number of halogens is 2. The zero-order chi connectivity index (χ0) is 20.4. The van der Waals surface area contributed by atoms with Crippen molar-refractivity contribution < 1.29 is 13.6 Å². The van der Waals surface area contributed by atoms with Gasteiger partial charge in [0, 0.05) is 31.9 Å². The Hall–Kier alpha value is -3.00. The van der Waals surface area contributed by atoms with Gasteiger partial charge in [0.25, 0.3) is 0 Å². The van der Waals surface area contributed by atoms with E-state index in [-0.39, 0.29) is 17.6 Å². The first kappa shape index (κ1) is 19.3. The van der Waals surface area contributed by atoms with Crippen LogP contribution in [0.1, 0.15) is 24.4 Å². The lowest BCUT2D eigenvalue weighted by Gasteiger charge is -2.28. The number of anilines is 1. The smallest absolute Gasteiger partial charge is 0.324 e. The highest BCUT2D eigenvalue weighted by molar-refractivity contribution is 6.31. The van der Waals surface area contributed by atoms with E-state index in [1.807, 2.05) is 6.07 Å². The van der Waals surface area contributed by atoms with Crippen molar-refractivity contribution in [2.24, 2.45) is 0 Å². The summed E-state index contributed by atoms with van der Waals surface area (Å²) < 4.78 is 19.0. The quantitative estimate of drug-likeness (QED) is 0.629. The summed E-state index contributed by atoms with van der Waals surface area (Å²) in [5.74, 6) is 0.331. The van der Waals surface area contributed by atoms with Crippen LogP contribution in [0.2, 0.25) is 5.02 Å². The largest absolute Gasteiger partial charge is 0.421 e. The summed E-state index contributed by atoms with van der Waals surface area (Å²) in [7, 11) is 0. The fraction of sp³-hybridized carbons (Fsp3) is 0.300. The zero-order valence-electron chi connectivity index (χ0n) is 15.8. The van der Waals surface area contributed by atoms with Crippen LogP contribution < -0.4 is 4.90 Å². The number of hydrogen-bond acceptors (Lipinski definition) is 5. The average molecular weight is 416 g/mol. The first-order valence-electron chi connectivity index (χ1n) is 9.28. The second-order valence-corrected chi connectivity index (χ2v) is 7.23. The van der Waals surface area contributed by atoms with Gasteiger partial charge in [0.1, 0.15) is 5.82 Å². The van der Waals surface area contributed by atoms with Crippen LogP contribution in [0, 0.1) is 12.7 Å². The molecule has 0 spiro atoms. The number of hydrogen-bond donors (Lipinski definition) is 0. The van der Waals surface area contributed by atoms with Gasteiger partial charge in [0.05, 0.1) is 22.8 Å². The maximum atomic E-state index is 13.6. The summed E-state index contributed by atoms with van der Waals surface area (Å²) in [6.45, 7) is 3.34. The molecule has 0 atom stereocenters. The molecule has 4 rings (SSSR count). The van der Waals surface area contributed by atoms with Gasteiger partial charge < -0.3 is 9.32 Å². The first-order chi connectivity index (χ1) is 14.0. The molecule has 29 heavy (non-hydrogen) atoms. The molecule has 2 amide bonds. The third-order valence-electron chi connectivity index (χ3n) is 4.74. The minimum Gasteiger partial charge on any atom is -0.421 e. The average Bonchev–Trinajstić information content (AvgIpc) is 3.40. The number of rotatable bonds is 4. The van der Waals surface area contributed by atoms with Crippen molar-refractivity contribution in [2.45, 2.75) is 26.3 Å². The van der Waals surface area contributed by atoms with Crippen LogP contribution in [-0.4, -0.2) is 39.2 Å². The number of likely N-dealkylation sites (tertiary alicyclic amines) is 1. The predicted octanol–water partition coefficient (Wildman–Crippen LogP) is 4.45. The summed E-state index contributed by atoms with van der Waals surface area (Å²) in [6.07, 6.45) is 3.57. The molecule has 0 radical (unpaired) electrons. The zero-order valence-corrected chi connectivity index (χ0v) is 16.6. The summed E-state index contributed by atoms with van der Waals surface area (Å²) in [4.78, 5) is 20.9. The van der Waals surface area contributed by atoms with Crippen molar-refractivity contribution in [2.75, 3.05) is 18.0 Å². The Morgan fingerprint density at radius 3 is 2.66 bits per heavy atom. The third kappa shape index (κ3) is 4.22. The molecular weight excluding hydrogens is 397 g/mol. The van der Waals surface area contributed by atoms with Crippen molar-refractivity contribution in [1.82, 2.24) is 20.1 Å². The van der Waals surface area contributed by atoms with Crippen LogP contribution >= 0.6 is 11.6 Å². The Labute approximate surface area is 172 Å². The lowest BCUT2D eigenvalue weighted by Crippen LogP contribution is -2.41. The lowest BCUT2D eigenvalue weighted by molar-refractivity contribution is 0.215. The van der Waals surface area contributed by atoms with Crippen LogP contribution in [0.4, 0.5) is 14.9 Å². The van der Waals surface area contributed by atoms with Gasteiger partial charge >= 0.3 is 6.03 Å². The third-order valence-corrected chi connectivity index (χ3v) is 5.03. The molecule has 1 aliphatic heterocycles. The second kappa shape index (κ2) is 8.16. The molecule has 9 heteroatoms. The highest BCUT2D eigenvalue weighted by Gasteiger charge is 2.26. The van der Waals surface area contributed by atoms with Crippen molar-refractivity contribution in [3.63, 3.8) is 0 Å². The first-order valence-corrected chi connectivity index (χ1v) is 9.66. The van der Waals surface area contributed by atoms with Gasteiger partial charge in [-0.1, -0.05) is 11.6 Å². The number of carbonyl (C=O) groups is 1. The van der Waals surface area contributed by atoms with E-state index in [2.05, 4.69) is 15.2 Å². The fourth-order valence-corrected chi connectivity index (χ4v) is 3.40. The van der Waals surface area contributed by atoms with Crippen LogP contribution in [0.3, 0.4) is 0 Å². The SMILES string of the molecule is Cc1nnc(-c2ccc(CN(C(=O)N3CCCC3)c3ccc(F)c(Cl)c3)nc2)o1. The van der Waals surface area contributed by atoms with Gasteiger partial charge in [-0.3, -0.25) is 9.88 Å². The lowest BCUT2D eigenvalue weighted by atomic mass is 10.2. The van der Waals surface area contributed by atoms with Gasteiger partial charge in [-0.15, -0.1) is 10.2 Å². The molecule has 0 aliphatic carbocycles. The number of urea groups is 1. The molecule has 150 valence electrons. The molecule has 1 saturated heterocycles. The van der Waals surface area contributed by atoms with Crippen molar-refractivity contribution in [3.8, 4) is 11.5 Å². The maximum absolute atomic E-state index is 13.6. The minimum absolute atomic E-state index is 0.0307. The van der Waals surface area contributed by atoms with E-state index in [0.29, 0.717) is 41.8 Å². The highest BCUT2D eigenvalue weighted by Crippen LogP contribution is 2.26. The van der Waals surface area contributed by atoms with Crippen LogP contribution in [0.25, 0.3) is 11.5 Å². The summed E-state index contributed by atoms with van der Waals surface area (Å²) >= 11 is 5.95. The molecule has 0 unspecified atom stereocenters.